The molecule has 18 heavy (non-hydrogen) atoms. The van der Waals surface area contributed by atoms with Crippen LogP contribution in [0.2, 0.25) is 10.0 Å². The van der Waals surface area contributed by atoms with E-state index in [9.17, 15) is 9.00 Å². The molecule has 1 rings (SSSR count). The Morgan fingerprint density at radius 1 is 1.44 bits per heavy atom. The minimum Gasteiger partial charge on any atom is -0.466 e. The summed E-state index contributed by atoms with van der Waals surface area (Å²) in [5, 5.41) is 0.848. The van der Waals surface area contributed by atoms with Gasteiger partial charge in [-0.15, -0.1) is 0 Å². The first-order valence-electron chi connectivity index (χ1n) is 5.45. The number of benzene rings is 1. The van der Waals surface area contributed by atoms with Gasteiger partial charge >= 0.3 is 5.97 Å². The first-order valence-corrected chi connectivity index (χ1v) is 7.53. The van der Waals surface area contributed by atoms with Crippen LogP contribution in [0.5, 0.6) is 0 Å². The summed E-state index contributed by atoms with van der Waals surface area (Å²) < 4.78 is 17.0. The molecule has 0 aliphatic heterocycles. The Kier molecular flexibility index (Phi) is 6.12. The Bertz CT molecular complexity index is 463. The van der Waals surface area contributed by atoms with Crippen molar-refractivity contribution in [3.05, 3.63) is 28.2 Å². The van der Waals surface area contributed by atoms with Crippen LogP contribution >= 0.6 is 23.2 Å². The number of rotatable bonds is 5. The molecule has 0 aromatic heterocycles. The summed E-state index contributed by atoms with van der Waals surface area (Å²) in [5.41, 5.74) is 0. The number of hydrogen-bond acceptors (Lipinski definition) is 3. The summed E-state index contributed by atoms with van der Waals surface area (Å²) in [6.07, 6.45) is 0. The molecule has 2 unspecified atom stereocenters. The second-order valence-electron chi connectivity index (χ2n) is 3.74. The third-order valence-corrected chi connectivity index (χ3v) is 4.54. The summed E-state index contributed by atoms with van der Waals surface area (Å²) in [6, 6.07) is 4.77. The predicted octanol–water partition coefficient (Wildman–Crippen LogP) is 3.30. The van der Waals surface area contributed by atoms with E-state index < -0.39 is 16.7 Å². The highest BCUT2D eigenvalue weighted by molar-refractivity contribution is 7.85. The Morgan fingerprint density at radius 3 is 2.72 bits per heavy atom. The van der Waals surface area contributed by atoms with E-state index in [2.05, 4.69) is 0 Å². The topological polar surface area (TPSA) is 43.4 Å². The highest BCUT2D eigenvalue weighted by Gasteiger charge is 2.19. The van der Waals surface area contributed by atoms with Crippen LogP contribution in [0.3, 0.4) is 0 Å². The quantitative estimate of drug-likeness (QED) is 0.784. The average Bonchev–Trinajstić information content (AvgIpc) is 2.32. The zero-order chi connectivity index (χ0) is 13.7. The molecule has 0 aliphatic carbocycles. The van der Waals surface area contributed by atoms with Gasteiger partial charge in [-0.3, -0.25) is 9.00 Å². The summed E-state index contributed by atoms with van der Waals surface area (Å²) in [7, 11) is -1.38. The summed E-state index contributed by atoms with van der Waals surface area (Å²) in [4.78, 5) is 11.9. The average molecular weight is 309 g/mol. The van der Waals surface area contributed by atoms with Gasteiger partial charge in [-0.25, -0.2) is 0 Å². The number of carbonyl (C=O) groups is 1. The van der Waals surface area contributed by atoms with Gasteiger partial charge in [0, 0.05) is 10.8 Å². The van der Waals surface area contributed by atoms with Gasteiger partial charge in [0.2, 0.25) is 0 Å². The van der Waals surface area contributed by atoms with Gasteiger partial charge < -0.3 is 4.74 Å². The molecule has 1 aromatic rings. The lowest BCUT2D eigenvalue weighted by molar-refractivity contribution is -0.146. The highest BCUT2D eigenvalue weighted by Crippen LogP contribution is 2.24. The van der Waals surface area contributed by atoms with E-state index in [1.54, 1.807) is 32.0 Å². The van der Waals surface area contributed by atoms with Crippen LogP contribution in [0, 0.1) is 5.92 Å². The first-order chi connectivity index (χ1) is 8.45. The third-order valence-electron chi connectivity index (χ3n) is 2.23. The Morgan fingerprint density at radius 2 is 2.11 bits per heavy atom. The predicted molar refractivity (Wildman–Crippen MR) is 73.5 cm³/mol. The number of carbonyl (C=O) groups excluding carboxylic acids is 1. The fraction of sp³-hybridized carbons (Fsp3) is 0.417. The molecule has 0 heterocycles. The van der Waals surface area contributed by atoms with Gasteiger partial charge in [-0.05, 0) is 25.1 Å². The maximum Gasteiger partial charge on any atom is 0.309 e. The number of hydrogen-bond donors (Lipinski definition) is 0. The van der Waals surface area contributed by atoms with Crippen LogP contribution in [0.4, 0.5) is 0 Å². The molecule has 3 nitrogen and oxygen atoms in total. The molecular weight excluding hydrogens is 295 g/mol. The largest absolute Gasteiger partial charge is 0.466 e. The SMILES string of the molecule is CCOC(=O)C(C)CS(=O)c1cc(Cl)ccc1Cl. The molecule has 0 saturated carbocycles. The fourth-order valence-electron chi connectivity index (χ4n) is 1.32. The molecule has 100 valence electrons. The van der Waals surface area contributed by atoms with Crippen molar-refractivity contribution in [1.82, 2.24) is 0 Å². The molecule has 0 bridgehead atoms. The van der Waals surface area contributed by atoms with Gasteiger partial charge in [-0.1, -0.05) is 30.1 Å². The molecule has 0 spiro atoms. The van der Waals surface area contributed by atoms with Gasteiger partial charge in [0.05, 0.1) is 33.2 Å². The van der Waals surface area contributed by atoms with Crippen LogP contribution in [-0.4, -0.2) is 22.5 Å². The molecule has 0 saturated heterocycles. The van der Waals surface area contributed by atoms with Crippen molar-refractivity contribution in [2.24, 2.45) is 5.92 Å². The first kappa shape index (κ1) is 15.5. The lowest BCUT2D eigenvalue weighted by Crippen LogP contribution is -2.20. The molecule has 0 fully saturated rings. The van der Waals surface area contributed by atoms with E-state index in [0.29, 0.717) is 21.5 Å². The van der Waals surface area contributed by atoms with E-state index in [-0.39, 0.29) is 11.7 Å². The second-order valence-corrected chi connectivity index (χ2v) is 6.05. The van der Waals surface area contributed by atoms with Crippen molar-refractivity contribution in [2.75, 3.05) is 12.4 Å². The molecule has 0 amide bonds. The molecule has 1 aromatic carbocycles. The third kappa shape index (κ3) is 4.26. The normalized spacial score (nSPS) is 14.0. The zero-order valence-electron chi connectivity index (χ0n) is 10.1. The van der Waals surface area contributed by atoms with Crippen LogP contribution in [0.15, 0.2) is 23.1 Å². The minimum atomic E-state index is -1.38. The monoisotopic (exact) mass is 308 g/mol. The fourth-order valence-corrected chi connectivity index (χ4v) is 3.25. The lowest BCUT2D eigenvalue weighted by Gasteiger charge is -2.11. The lowest BCUT2D eigenvalue weighted by atomic mass is 10.2. The maximum absolute atomic E-state index is 12.1. The van der Waals surface area contributed by atoms with Crippen LogP contribution in [0.25, 0.3) is 0 Å². The van der Waals surface area contributed by atoms with Crippen LogP contribution in [-0.2, 0) is 20.3 Å². The van der Waals surface area contributed by atoms with E-state index in [1.807, 2.05) is 0 Å². The molecule has 0 N–H and O–H groups in total. The van der Waals surface area contributed by atoms with Crippen LogP contribution < -0.4 is 0 Å². The Balaban J connectivity index is 2.76. The molecule has 0 radical (unpaired) electrons. The number of esters is 1. The number of halogens is 2. The molecular formula is C12H14Cl2O3S. The standard InChI is InChI=1S/C12H14Cl2O3S/c1-3-17-12(15)8(2)7-18(16)11-6-9(13)4-5-10(11)14/h4-6,8H,3,7H2,1-2H3. The van der Waals surface area contributed by atoms with E-state index in [0.717, 1.165) is 0 Å². The van der Waals surface area contributed by atoms with Gasteiger partial charge in [0.15, 0.2) is 0 Å². The molecule has 6 heteroatoms. The smallest absolute Gasteiger partial charge is 0.309 e. The second kappa shape index (κ2) is 7.12. The van der Waals surface area contributed by atoms with Crippen molar-refractivity contribution >= 4 is 40.0 Å². The zero-order valence-corrected chi connectivity index (χ0v) is 12.4. The van der Waals surface area contributed by atoms with E-state index >= 15 is 0 Å². The minimum absolute atomic E-state index is 0.166. The van der Waals surface area contributed by atoms with Gasteiger partial charge in [0.1, 0.15) is 0 Å². The van der Waals surface area contributed by atoms with E-state index in [4.69, 9.17) is 27.9 Å². The van der Waals surface area contributed by atoms with Crippen LogP contribution in [0.1, 0.15) is 13.8 Å². The molecule has 0 aliphatic rings. The highest BCUT2D eigenvalue weighted by atomic mass is 35.5. The van der Waals surface area contributed by atoms with Crippen molar-refractivity contribution in [3.63, 3.8) is 0 Å². The van der Waals surface area contributed by atoms with Gasteiger partial charge in [0.25, 0.3) is 0 Å². The Hall–Kier alpha value is -0.580. The summed E-state index contributed by atoms with van der Waals surface area (Å²) in [5.74, 6) is -0.636. The van der Waals surface area contributed by atoms with Crippen molar-refractivity contribution < 1.29 is 13.7 Å². The van der Waals surface area contributed by atoms with Crippen molar-refractivity contribution in [2.45, 2.75) is 18.7 Å². The maximum atomic E-state index is 12.1. The van der Waals surface area contributed by atoms with Crippen molar-refractivity contribution in [1.29, 1.82) is 0 Å². The molecule has 2 atom stereocenters. The number of ether oxygens (including phenoxy) is 1. The van der Waals surface area contributed by atoms with E-state index in [1.165, 1.54) is 0 Å². The summed E-state index contributed by atoms with van der Waals surface area (Å²) >= 11 is 11.8. The van der Waals surface area contributed by atoms with Crippen molar-refractivity contribution in [3.8, 4) is 0 Å². The van der Waals surface area contributed by atoms with Gasteiger partial charge in [-0.2, -0.15) is 0 Å². The summed E-state index contributed by atoms with van der Waals surface area (Å²) in [6.45, 7) is 3.72. The Labute approximate surface area is 119 Å².